The third-order valence-corrected chi connectivity index (χ3v) is 2.54. The Labute approximate surface area is 98.8 Å². The van der Waals surface area contributed by atoms with Gasteiger partial charge in [-0.25, -0.2) is 0 Å². The maximum absolute atomic E-state index is 10.7. The lowest BCUT2D eigenvalue weighted by molar-refractivity contribution is -0.117. The van der Waals surface area contributed by atoms with E-state index >= 15 is 0 Å². The maximum Gasteiger partial charge on any atom is 0.219 e. The van der Waals surface area contributed by atoms with Crippen LogP contribution in [-0.4, -0.2) is 17.4 Å². The van der Waals surface area contributed by atoms with Crippen molar-refractivity contribution in [1.82, 2.24) is 4.98 Å². The zero-order chi connectivity index (χ0) is 12.3. The molecule has 0 fully saturated rings. The number of nitrogens with one attached hydrogen (secondary N) is 1. The van der Waals surface area contributed by atoms with E-state index in [0.717, 1.165) is 16.5 Å². The number of nitrogen functional groups attached to an aromatic ring is 1. The van der Waals surface area contributed by atoms with Crippen LogP contribution in [0.1, 0.15) is 6.42 Å². The fourth-order valence-corrected chi connectivity index (χ4v) is 1.69. The van der Waals surface area contributed by atoms with Gasteiger partial charge in [0.1, 0.15) is 0 Å². The average molecular weight is 230 g/mol. The number of primary amides is 1. The Balaban J connectivity index is 2.28. The van der Waals surface area contributed by atoms with Crippen molar-refractivity contribution in [2.75, 3.05) is 17.6 Å². The van der Waals surface area contributed by atoms with Gasteiger partial charge in [-0.2, -0.15) is 0 Å². The number of fused-ring (bicyclic) bond motifs is 1. The van der Waals surface area contributed by atoms with Crippen LogP contribution in [0.4, 0.5) is 11.4 Å². The molecule has 0 saturated heterocycles. The van der Waals surface area contributed by atoms with Crippen LogP contribution in [0, 0.1) is 0 Å². The van der Waals surface area contributed by atoms with E-state index in [2.05, 4.69) is 10.3 Å². The predicted molar refractivity (Wildman–Crippen MR) is 68.5 cm³/mol. The number of aromatic nitrogens is 1. The normalized spacial score (nSPS) is 10.4. The zero-order valence-corrected chi connectivity index (χ0v) is 9.31. The Hall–Kier alpha value is -2.30. The summed E-state index contributed by atoms with van der Waals surface area (Å²) in [6, 6.07) is 5.59. The number of nitrogens with two attached hydrogens (primary N) is 2. The molecule has 0 bridgehead atoms. The van der Waals surface area contributed by atoms with Gasteiger partial charge in [-0.05, 0) is 18.2 Å². The smallest absolute Gasteiger partial charge is 0.219 e. The lowest BCUT2D eigenvalue weighted by atomic mass is 10.1. The Morgan fingerprint density at radius 2 is 2.12 bits per heavy atom. The fraction of sp³-hybridized carbons (Fsp3) is 0.167. The van der Waals surface area contributed by atoms with Gasteiger partial charge in [0, 0.05) is 47.5 Å². The third kappa shape index (κ3) is 2.44. The molecule has 0 aliphatic rings. The highest BCUT2D eigenvalue weighted by atomic mass is 16.1. The molecule has 5 nitrogen and oxygen atoms in total. The van der Waals surface area contributed by atoms with E-state index in [1.807, 2.05) is 18.2 Å². The van der Waals surface area contributed by atoms with Gasteiger partial charge in [-0.1, -0.05) is 0 Å². The van der Waals surface area contributed by atoms with Crippen molar-refractivity contribution in [2.45, 2.75) is 6.42 Å². The monoisotopic (exact) mass is 230 g/mol. The lowest BCUT2D eigenvalue weighted by Crippen LogP contribution is -2.15. The molecule has 5 N–H and O–H groups in total. The van der Waals surface area contributed by atoms with Gasteiger partial charge in [-0.15, -0.1) is 0 Å². The van der Waals surface area contributed by atoms with Crippen molar-refractivity contribution in [1.29, 1.82) is 0 Å². The van der Waals surface area contributed by atoms with E-state index in [0.29, 0.717) is 18.7 Å². The van der Waals surface area contributed by atoms with E-state index < -0.39 is 0 Å². The van der Waals surface area contributed by atoms with Crippen molar-refractivity contribution >= 4 is 28.1 Å². The summed E-state index contributed by atoms with van der Waals surface area (Å²) >= 11 is 0. The molecular weight excluding hydrogens is 216 g/mol. The Bertz CT molecular complexity index is 553. The largest absolute Gasteiger partial charge is 0.398 e. The van der Waals surface area contributed by atoms with E-state index in [9.17, 15) is 4.79 Å². The first-order valence-corrected chi connectivity index (χ1v) is 5.33. The summed E-state index contributed by atoms with van der Waals surface area (Å²) in [5.41, 5.74) is 12.6. The quantitative estimate of drug-likeness (QED) is 0.685. The number of pyridine rings is 1. The van der Waals surface area contributed by atoms with Gasteiger partial charge < -0.3 is 16.8 Å². The molecule has 0 unspecified atom stereocenters. The minimum atomic E-state index is -0.320. The van der Waals surface area contributed by atoms with Gasteiger partial charge in [0.25, 0.3) is 0 Å². The Morgan fingerprint density at radius 3 is 2.88 bits per heavy atom. The van der Waals surface area contributed by atoms with E-state index in [4.69, 9.17) is 11.5 Å². The van der Waals surface area contributed by atoms with Gasteiger partial charge in [0.05, 0.1) is 0 Å². The molecule has 0 atom stereocenters. The molecule has 1 amide bonds. The molecule has 0 radical (unpaired) electrons. The summed E-state index contributed by atoms with van der Waals surface area (Å²) in [6.45, 7) is 0.511. The topological polar surface area (TPSA) is 94.0 Å². The third-order valence-electron chi connectivity index (χ3n) is 2.54. The number of carbonyl (C=O) groups is 1. The van der Waals surface area contributed by atoms with Crippen LogP contribution in [0.5, 0.6) is 0 Å². The number of anilines is 2. The summed E-state index contributed by atoms with van der Waals surface area (Å²) < 4.78 is 0. The number of amides is 1. The zero-order valence-electron chi connectivity index (χ0n) is 9.31. The van der Waals surface area contributed by atoms with Crippen LogP contribution in [0.15, 0.2) is 30.6 Å². The molecule has 0 saturated carbocycles. The van der Waals surface area contributed by atoms with Crippen LogP contribution < -0.4 is 16.8 Å². The predicted octanol–water partition coefficient (Wildman–Crippen LogP) is 1.10. The van der Waals surface area contributed by atoms with Gasteiger partial charge in [-0.3, -0.25) is 9.78 Å². The highest BCUT2D eigenvalue weighted by Crippen LogP contribution is 2.27. The van der Waals surface area contributed by atoms with Crippen LogP contribution in [-0.2, 0) is 4.79 Å². The van der Waals surface area contributed by atoms with Crippen molar-refractivity contribution in [3.63, 3.8) is 0 Å². The first kappa shape index (κ1) is 11.2. The molecule has 88 valence electrons. The number of nitrogens with zero attached hydrogens (tertiary/aromatic N) is 1. The molecule has 17 heavy (non-hydrogen) atoms. The summed E-state index contributed by atoms with van der Waals surface area (Å²) in [7, 11) is 0. The summed E-state index contributed by atoms with van der Waals surface area (Å²) in [5, 5.41) is 5.05. The molecule has 0 aliphatic heterocycles. The second-order valence-electron chi connectivity index (χ2n) is 3.77. The minimum absolute atomic E-state index is 0.303. The van der Waals surface area contributed by atoms with Crippen LogP contribution in [0.3, 0.4) is 0 Å². The number of rotatable bonds is 4. The number of hydrogen-bond donors (Lipinski definition) is 3. The molecule has 5 heteroatoms. The molecule has 0 aliphatic carbocycles. The maximum atomic E-state index is 10.7. The van der Waals surface area contributed by atoms with Crippen LogP contribution in [0.2, 0.25) is 0 Å². The van der Waals surface area contributed by atoms with Crippen LogP contribution >= 0.6 is 0 Å². The van der Waals surface area contributed by atoms with Gasteiger partial charge in [0.15, 0.2) is 0 Å². The van der Waals surface area contributed by atoms with Crippen molar-refractivity contribution in [2.24, 2.45) is 5.73 Å². The fourth-order valence-electron chi connectivity index (χ4n) is 1.69. The molecular formula is C12H14N4O. The Kier molecular flexibility index (Phi) is 3.09. The molecule has 1 aromatic heterocycles. The van der Waals surface area contributed by atoms with Crippen LogP contribution in [0.25, 0.3) is 10.8 Å². The first-order valence-electron chi connectivity index (χ1n) is 5.33. The molecule has 1 heterocycles. The second kappa shape index (κ2) is 4.69. The molecule has 2 aromatic rings. The van der Waals surface area contributed by atoms with Crippen molar-refractivity contribution in [3.05, 3.63) is 30.6 Å². The molecule has 2 rings (SSSR count). The first-order chi connectivity index (χ1) is 8.18. The number of hydrogen-bond acceptors (Lipinski definition) is 4. The highest BCUT2D eigenvalue weighted by molar-refractivity contribution is 6.00. The molecule has 1 aromatic carbocycles. The average Bonchev–Trinajstić information content (AvgIpc) is 2.32. The summed E-state index contributed by atoms with van der Waals surface area (Å²) in [4.78, 5) is 14.7. The van der Waals surface area contributed by atoms with E-state index in [1.54, 1.807) is 12.4 Å². The second-order valence-corrected chi connectivity index (χ2v) is 3.77. The summed E-state index contributed by atoms with van der Waals surface area (Å²) in [6.07, 6.45) is 3.74. The number of benzene rings is 1. The standard InChI is InChI=1S/C12H14N4O/c13-10-1-2-11(16-6-4-12(14)17)8-3-5-15-7-9(8)10/h1-3,5,7,16H,4,6,13H2,(H2,14,17). The van der Waals surface area contributed by atoms with E-state index in [1.165, 1.54) is 0 Å². The van der Waals surface area contributed by atoms with Gasteiger partial charge in [0.2, 0.25) is 5.91 Å². The molecule has 0 spiro atoms. The van der Waals surface area contributed by atoms with Gasteiger partial charge >= 0.3 is 0 Å². The highest BCUT2D eigenvalue weighted by Gasteiger charge is 2.03. The lowest BCUT2D eigenvalue weighted by Gasteiger charge is -2.10. The van der Waals surface area contributed by atoms with E-state index in [-0.39, 0.29) is 5.91 Å². The summed E-state index contributed by atoms with van der Waals surface area (Å²) in [5.74, 6) is -0.320. The Morgan fingerprint density at radius 1 is 1.29 bits per heavy atom. The minimum Gasteiger partial charge on any atom is -0.398 e. The van der Waals surface area contributed by atoms with Crippen molar-refractivity contribution in [3.8, 4) is 0 Å². The van der Waals surface area contributed by atoms with Crippen molar-refractivity contribution < 1.29 is 4.79 Å². The SMILES string of the molecule is NC(=O)CCNc1ccc(N)c2cnccc12. The number of carbonyl (C=O) groups excluding carboxylic acids is 1.